The van der Waals surface area contributed by atoms with Crippen molar-refractivity contribution in [3.05, 3.63) is 0 Å². The molecule has 3 N–H and O–H groups in total. The molecule has 19 heavy (non-hydrogen) atoms. The first-order valence-corrected chi connectivity index (χ1v) is 8.39. The number of nitrogens with two attached hydrogens (primary N) is 1. The van der Waals surface area contributed by atoms with Gasteiger partial charge in [-0.2, -0.15) is 0 Å². The maximum Gasteiger partial charge on any atom is 0.0397 e. The van der Waals surface area contributed by atoms with Crippen LogP contribution in [0.15, 0.2) is 0 Å². The zero-order valence-electron chi connectivity index (χ0n) is 13.5. The van der Waals surface area contributed by atoms with E-state index in [9.17, 15) is 0 Å². The first-order valence-electron chi connectivity index (χ1n) is 8.39. The Morgan fingerprint density at radius 2 is 1.58 bits per heavy atom. The first-order chi connectivity index (χ1) is 9.18. The van der Waals surface area contributed by atoms with Gasteiger partial charge in [-0.15, -0.1) is 0 Å². The second kappa shape index (κ2) is 8.23. The molecule has 0 heterocycles. The van der Waals surface area contributed by atoms with Crippen LogP contribution in [0.1, 0.15) is 72.6 Å². The van der Waals surface area contributed by atoms with Crippen molar-refractivity contribution in [1.29, 1.82) is 0 Å². The summed E-state index contributed by atoms with van der Waals surface area (Å²) < 4.78 is 0. The molecule has 0 bridgehead atoms. The van der Waals surface area contributed by atoms with Crippen molar-refractivity contribution in [3.63, 3.8) is 0 Å². The lowest BCUT2D eigenvalue weighted by Gasteiger charge is -2.47. The van der Waals surface area contributed by atoms with Gasteiger partial charge in [0.25, 0.3) is 0 Å². The Bertz CT molecular complexity index is 228. The van der Waals surface area contributed by atoms with Crippen molar-refractivity contribution >= 4 is 0 Å². The zero-order valence-corrected chi connectivity index (χ0v) is 13.5. The Labute approximate surface area is 120 Å². The lowest BCUT2D eigenvalue weighted by molar-refractivity contribution is 0.0523. The molecule has 1 saturated carbocycles. The van der Waals surface area contributed by atoms with E-state index in [0.717, 1.165) is 19.0 Å². The Morgan fingerprint density at radius 1 is 1.05 bits per heavy atom. The molecule has 1 aliphatic rings. The number of hydrogen-bond donors (Lipinski definition) is 2. The summed E-state index contributed by atoms with van der Waals surface area (Å²) in [5, 5.41) is 0. The van der Waals surface area contributed by atoms with Crippen LogP contribution in [-0.2, 0) is 0 Å². The monoisotopic (exact) mass is 269 g/mol. The third-order valence-electron chi connectivity index (χ3n) is 5.44. The third kappa shape index (κ3) is 3.71. The molecule has 0 saturated heterocycles. The normalized spacial score (nSPS) is 20.4. The van der Waals surface area contributed by atoms with Crippen LogP contribution in [0.3, 0.4) is 0 Å². The molecule has 1 rings (SSSR count). The van der Waals surface area contributed by atoms with Crippen molar-refractivity contribution in [2.24, 2.45) is 11.8 Å². The fourth-order valence-corrected chi connectivity index (χ4v) is 4.12. The van der Waals surface area contributed by atoms with Crippen molar-refractivity contribution in [2.45, 2.75) is 84.2 Å². The molecule has 0 radical (unpaired) electrons. The molecule has 0 aliphatic heterocycles. The van der Waals surface area contributed by atoms with E-state index < -0.39 is 0 Å². The summed E-state index contributed by atoms with van der Waals surface area (Å²) in [7, 11) is 0. The molecule has 0 amide bonds. The van der Waals surface area contributed by atoms with Gasteiger partial charge in [0.15, 0.2) is 0 Å². The smallest absolute Gasteiger partial charge is 0.0397 e. The molecule has 1 aliphatic carbocycles. The largest absolute Gasteiger partial charge is 0.297 e. The van der Waals surface area contributed by atoms with Gasteiger partial charge in [-0.3, -0.25) is 16.2 Å². The zero-order chi connectivity index (χ0) is 14.3. The summed E-state index contributed by atoms with van der Waals surface area (Å²) in [5.74, 6) is 6.77. The summed E-state index contributed by atoms with van der Waals surface area (Å²) in [5.41, 5.74) is 3.50. The molecule has 1 fully saturated rings. The Kier molecular flexibility index (Phi) is 7.33. The van der Waals surface area contributed by atoms with Gasteiger partial charge in [0.2, 0.25) is 0 Å². The van der Waals surface area contributed by atoms with Crippen molar-refractivity contribution in [1.82, 2.24) is 10.3 Å². The lowest BCUT2D eigenvalue weighted by Crippen LogP contribution is -2.61. The highest BCUT2D eigenvalue weighted by atomic mass is 15.3. The minimum absolute atomic E-state index is 0.306. The molecule has 1 unspecified atom stereocenters. The van der Waals surface area contributed by atoms with E-state index >= 15 is 0 Å². The van der Waals surface area contributed by atoms with Gasteiger partial charge in [-0.05, 0) is 38.3 Å². The number of hydrogen-bond acceptors (Lipinski definition) is 3. The predicted molar refractivity (Wildman–Crippen MR) is 83.9 cm³/mol. The van der Waals surface area contributed by atoms with Crippen LogP contribution in [0, 0.1) is 5.92 Å². The van der Waals surface area contributed by atoms with Crippen LogP contribution in [0.2, 0.25) is 0 Å². The average Bonchev–Trinajstić information content (AvgIpc) is 2.92. The Morgan fingerprint density at radius 3 is 1.95 bits per heavy atom. The molecule has 0 aromatic carbocycles. The average molecular weight is 269 g/mol. The van der Waals surface area contributed by atoms with E-state index in [0.29, 0.717) is 11.6 Å². The number of likely N-dealkylation sites (N-methyl/N-ethyl adjacent to an activating group) is 1. The summed E-state index contributed by atoms with van der Waals surface area (Å²) >= 11 is 0. The molecule has 114 valence electrons. The highest BCUT2D eigenvalue weighted by Gasteiger charge is 2.44. The van der Waals surface area contributed by atoms with Crippen LogP contribution in [0.25, 0.3) is 0 Å². The summed E-state index contributed by atoms with van der Waals surface area (Å²) in [6.07, 6.45) is 9.09. The predicted octanol–water partition coefficient (Wildman–Crippen LogP) is 3.30. The van der Waals surface area contributed by atoms with Gasteiger partial charge in [0.1, 0.15) is 0 Å². The molecule has 0 spiro atoms. The van der Waals surface area contributed by atoms with Gasteiger partial charge in [0.05, 0.1) is 0 Å². The standard InChI is InChI=1S/C16H35N3/c1-5-14(6-2)13-15(18-17)16(11-9-10-12-16)19(7-3)8-4/h14-15,18H,5-13,17H2,1-4H3. The topological polar surface area (TPSA) is 41.3 Å². The van der Waals surface area contributed by atoms with Gasteiger partial charge in [0, 0.05) is 11.6 Å². The van der Waals surface area contributed by atoms with Crippen molar-refractivity contribution < 1.29 is 0 Å². The highest BCUT2D eigenvalue weighted by molar-refractivity contribution is 5.03. The molecule has 1 atom stereocenters. The molecule has 0 aromatic heterocycles. The van der Waals surface area contributed by atoms with E-state index in [4.69, 9.17) is 5.84 Å². The first kappa shape index (κ1) is 16.9. The fraction of sp³-hybridized carbons (Fsp3) is 1.00. The molecule has 3 nitrogen and oxygen atoms in total. The summed E-state index contributed by atoms with van der Waals surface area (Å²) in [6.45, 7) is 11.5. The minimum atomic E-state index is 0.306. The van der Waals surface area contributed by atoms with Gasteiger partial charge in [-0.1, -0.05) is 53.4 Å². The maximum atomic E-state index is 5.97. The number of nitrogens with one attached hydrogen (secondary N) is 1. The summed E-state index contributed by atoms with van der Waals surface area (Å²) in [4.78, 5) is 2.66. The highest BCUT2D eigenvalue weighted by Crippen LogP contribution is 2.40. The molecular weight excluding hydrogens is 234 g/mol. The van der Waals surface area contributed by atoms with Gasteiger partial charge < -0.3 is 0 Å². The van der Waals surface area contributed by atoms with E-state index in [-0.39, 0.29) is 0 Å². The second-order valence-electron chi connectivity index (χ2n) is 6.12. The van der Waals surface area contributed by atoms with E-state index in [2.05, 4.69) is 38.0 Å². The quantitative estimate of drug-likeness (QED) is 0.498. The number of nitrogens with zero attached hydrogens (tertiary/aromatic N) is 1. The fourth-order valence-electron chi connectivity index (χ4n) is 4.12. The van der Waals surface area contributed by atoms with Crippen LogP contribution in [0.5, 0.6) is 0 Å². The van der Waals surface area contributed by atoms with Crippen LogP contribution >= 0.6 is 0 Å². The molecule has 3 heteroatoms. The van der Waals surface area contributed by atoms with Gasteiger partial charge >= 0.3 is 0 Å². The van der Waals surface area contributed by atoms with E-state index in [1.807, 2.05) is 0 Å². The number of hydrazine groups is 1. The van der Waals surface area contributed by atoms with Crippen LogP contribution in [-0.4, -0.2) is 29.6 Å². The number of rotatable bonds is 9. The van der Waals surface area contributed by atoms with Crippen molar-refractivity contribution in [3.8, 4) is 0 Å². The van der Waals surface area contributed by atoms with Crippen LogP contribution < -0.4 is 11.3 Å². The summed E-state index contributed by atoms with van der Waals surface area (Å²) in [6, 6.07) is 0.444. The Hall–Kier alpha value is -0.120. The van der Waals surface area contributed by atoms with Crippen molar-refractivity contribution in [2.75, 3.05) is 13.1 Å². The van der Waals surface area contributed by atoms with E-state index in [1.54, 1.807) is 0 Å². The third-order valence-corrected chi connectivity index (χ3v) is 5.44. The van der Waals surface area contributed by atoms with Crippen LogP contribution in [0.4, 0.5) is 0 Å². The van der Waals surface area contributed by atoms with Gasteiger partial charge in [-0.25, -0.2) is 0 Å². The lowest BCUT2D eigenvalue weighted by atomic mass is 9.80. The Balaban J connectivity index is 2.87. The second-order valence-corrected chi connectivity index (χ2v) is 6.12. The molecule has 0 aromatic rings. The minimum Gasteiger partial charge on any atom is -0.297 e. The van der Waals surface area contributed by atoms with E-state index in [1.165, 1.54) is 44.9 Å². The SMILES string of the molecule is CCC(CC)CC(NN)C1(N(CC)CC)CCCC1. The molecular formula is C16H35N3. The maximum absolute atomic E-state index is 5.97.